The third-order valence-corrected chi connectivity index (χ3v) is 15.1. The topological polar surface area (TPSA) is 4.93 Å². The van der Waals surface area contributed by atoms with Crippen LogP contribution in [0, 0.1) is 6.92 Å². The van der Waals surface area contributed by atoms with Crippen molar-refractivity contribution in [3.8, 4) is 11.3 Å². The number of aryl methyl sites for hydroxylation is 2. The van der Waals surface area contributed by atoms with E-state index in [-0.39, 0.29) is 10.1 Å². The zero-order valence-electron chi connectivity index (χ0n) is 19.6. The minimum atomic E-state index is -1.89. The fraction of sp³-hybridized carbons (Fsp3) is 0.267. The molecule has 4 aromatic rings. The quantitative estimate of drug-likeness (QED) is 0.257. The van der Waals surface area contributed by atoms with Crippen LogP contribution in [0.4, 0.5) is 0 Å². The second-order valence-corrected chi connectivity index (χ2v) is 15.9. The number of hydrogen-bond acceptors (Lipinski definition) is 0. The molecule has 7 rings (SSSR count). The van der Waals surface area contributed by atoms with Crippen molar-refractivity contribution in [1.29, 1.82) is 0 Å². The molecule has 2 spiro atoms. The summed E-state index contributed by atoms with van der Waals surface area (Å²) in [6, 6.07) is 25.5. The van der Waals surface area contributed by atoms with Gasteiger partial charge in [0.05, 0.1) is 13.8 Å². The van der Waals surface area contributed by atoms with Crippen molar-refractivity contribution >= 4 is 24.5 Å². The smallest absolute Gasteiger partial charge is 0.0801 e. The molecule has 32 heavy (non-hydrogen) atoms. The largest absolute Gasteiger partial charge is 0.343 e. The molecule has 3 aromatic carbocycles. The van der Waals surface area contributed by atoms with E-state index >= 15 is 0 Å². The predicted molar refractivity (Wildman–Crippen MR) is 138 cm³/mol. The molecular formula is C30H29NSi. The average molecular weight is 432 g/mol. The van der Waals surface area contributed by atoms with Gasteiger partial charge in [0.1, 0.15) is 0 Å². The number of benzene rings is 3. The van der Waals surface area contributed by atoms with Gasteiger partial charge in [-0.05, 0) is 60.2 Å². The first-order valence-corrected chi connectivity index (χ1v) is 14.8. The van der Waals surface area contributed by atoms with Crippen LogP contribution in [-0.4, -0.2) is 12.6 Å². The summed E-state index contributed by atoms with van der Waals surface area (Å²) < 4.78 is 2.47. The highest BCUT2D eigenvalue weighted by atomic mass is 28.3. The molecule has 2 unspecified atom stereocenters. The van der Waals surface area contributed by atoms with Crippen LogP contribution in [0.25, 0.3) is 27.7 Å². The Morgan fingerprint density at radius 1 is 0.844 bits per heavy atom. The van der Waals surface area contributed by atoms with E-state index in [1.807, 2.05) is 0 Å². The van der Waals surface area contributed by atoms with Gasteiger partial charge in [-0.3, -0.25) is 0 Å². The third kappa shape index (κ3) is 1.75. The molecule has 0 amide bonds. The van der Waals surface area contributed by atoms with E-state index in [1.54, 1.807) is 16.7 Å². The van der Waals surface area contributed by atoms with Crippen molar-refractivity contribution in [2.24, 2.45) is 7.05 Å². The van der Waals surface area contributed by atoms with Crippen LogP contribution in [0.1, 0.15) is 41.2 Å². The zero-order chi connectivity index (χ0) is 22.0. The van der Waals surface area contributed by atoms with Crippen molar-refractivity contribution in [3.63, 3.8) is 0 Å². The Kier molecular flexibility index (Phi) is 3.24. The summed E-state index contributed by atoms with van der Waals surface area (Å²) in [7, 11) is 0.376. The van der Waals surface area contributed by atoms with E-state index < -0.39 is 8.07 Å². The standard InChI is InChI=1S/C30H29NSi/c1-19-14-15-26-23(16-19)27-28(31(26)3)22-11-7-9-13-25(22)30(27)18-29(32(30,4)5)17-20(2)21-10-6-8-12-24(21)29/h6-17H,18H2,1-5H3. The Morgan fingerprint density at radius 2 is 1.53 bits per heavy atom. The van der Waals surface area contributed by atoms with Gasteiger partial charge in [0.2, 0.25) is 0 Å². The summed E-state index contributed by atoms with van der Waals surface area (Å²) in [5.74, 6) is 0. The first-order chi connectivity index (χ1) is 15.3. The maximum atomic E-state index is 2.67. The Bertz CT molecular complexity index is 1520. The maximum Gasteiger partial charge on any atom is 0.0801 e. The van der Waals surface area contributed by atoms with Crippen molar-refractivity contribution in [2.75, 3.05) is 0 Å². The third-order valence-electron chi connectivity index (χ3n) is 9.45. The van der Waals surface area contributed by atoms with Crippen LogP contribution >= 0.6 is 0 Å². The molecule has 1 fully saturated rings. The van der Waals surface area contributed by atoms with E-state index in [0.29, 0.717) is 0 Å². The van der Waals surface area contributed by atoms with Gasteiger partial charge >= 0.3 is 0 Å². The van der Waals surface area contributed by atoms with Gasteiger partial charge in [-0.25, -0.2) is 0 Å². The molecule has 0 N–H and O–H groups in total. The van der Waals surface area contributed by atoms with E-state index in [4.69, 9.17) is 0 Å². The van der Waals surface area contributed by atoms with E-state index in [2.05, 4.69) is 111 Å². The second kappa shape index (κ2) is 5.55. The number of allylic oxidation sites excluding steroid dienone is 2. The Labute approximate surface area is 191 Å². The van der Waals surface area contributed by atoms with Crippen LogP contribution in [-0.2, 0) is 17.1 Å². The van der Waals surface area contributed by atoms with Crippen LogP contribution < -0.4 is 0 Å². The van der Waals surface area contributed by atoms with Gasteiger partial charge in [-0.2, -0.15) is 0 Å². The van der Waals surface area contributed by atoms with E-state index in [1.165, 1.54) is 45.3 Å². The molecule has 2 aliphatic carbocycles. The molecule has 1 saturated heterocycles. The number of rotatable bonds is 0. The zero-order valence-corrected chi connectivity index (χ0v) is 20.6. The van der Waals surface area contributed by atoms with Gasteiger partial charge in [0, 0.05) is 33.6 Å². The summed E-state index contributed by atoms with van der Waals surface area (Å²) in [5.41, 5.74) is 13.4. The Hall–Kier alpha value is -2.84. The summed E-state index contributed by atoms with van der Waals surface area (Å²) in [6.45, 7) is 9.89. The van der Waals surface area contributed by atoms with Crippen molar-refractivity contribution < 1.29 is 0 Å². The lowest BCUT2D eigenvalue weighted by atomic mass is 9.79. The van der Waals surface area contributed by atoms with E-state index in [9.17, 15) is 0 Å². The number of fused-ring (bicyclic) bond motifs is 9. The molecule has 1 nitrogen and oxygen atoms in total. The molecule has 3 aliphatic rings. The molecule has 0 radical (unpaired) electrons. The SMILES string of the molecule is CC1=CC2(CC3(c4ccccc4-c4c3c3cc(C)ccc3n4C)[Si]2(C)C)c2ccccc21. The summed E-state index contributed by atoms with van der Waals surface area (Å²) in [4.78, 5) is 0. The highest BCUT2D eigenvalue weighted by molar-refractivity contribution is 6.88. The lowest BCUT2D eigenvalue weighted by Gasteiger charge is -2.66. The van der Waals surface area contributed by atoms with Crippen molar-refractivity contribution in [2.45, 2.75) is 43.4 Å². The summed E-state index contributed by atoms with van der Waals surface area (Å²) >= 11 is 0. The highest BCUT2D eigenvalue weighted by Gasteiger charge is 2.74. The van der Waals surface area contributed by atoms with E-state index in [0.717, 1.165) is 0 Å². The van der Waals surface area contributed by atoms with Gasteiger partial charge < -0.3 is 4.57 Å². The molecule has 158 valence electrons. The minimum absolute atomic E-state index is 0.153. The molecule has 1 aromatic heterocycles. The Balaban J connectivity index is 1.59. The molecule has 0 bridgehead atoms. The van der Waals surface area contributed by atoms with Crippen LogP contribution in [0.15, 0.2) is 72.8 Å². The molecule has 2 atom stereocenters. The second-order valence-electron chi connectivity index (χ2n) is 10.9. The first kappa shape index (κ1) is 18.7. The highest BCUT2D eigenvalue weighted by Crippen LogP contribution is 2.73. The number of aromatic nitrogens is 1. The number of hydrogen-bond donors (Lipinski definition) is 0. The van der Waals surface area contributed by atoms with Gasteiger partial charge in [0.25, 0.3) is 0 Å². The Morgan fingerprint density at radius 3 is 2.28 bits per heavy atom. The molecule has 1 aliphatic heterocycles. The average Bonchev–Trinajstić information content (AvgIpc) is 3.37. The lowest BCUT2D eigenvalue weighted by Crippen LogP contribution is -2.75. The normalized spacial score (nSPS) is 26.2. The fourth-order valence-corrected chi connectivity index (χ4v) is 13.0. The van der Waals surface area contributed by atoms with Gasteiger partial charge in [-0.15, -0.1) is 0 Å². The fourth-order valence-electron chi connectivity index (χ4n) is 7.87. The van der Waals surface area contributed by atoms with Crippen LogP contribution in [0.3, 0.4) is 0 Å². The van der Waals surface area contributed by atoms with Gasteiger partial charge in [-0.1, -0.05) is 79.3 Å². The van der Waals surface area contributed by atoms with Crippen molar-refractivity contribution in [3.05, 3.63) is 101 Å². The van der Waals surface area contributed by atoms with Crippen molar-refractivity contribution in [1.82, 2.24) is 4.57 Å². The van der Waals surface area contributed by atoms with Crippen LogP contribution in [0.2, 0.25) is 13.1 Å². The van der Waals surface area contributed by atoms with Gasteiger partial charge in [0.15, 0.2) is 0 Å². The summed E-state index contributed by atoms with van der Waals surface area (Å²) in [6.07, 6.45) is 3.86. The lowest BCUT2D eigenvalue weighted by molar-refractivity contribution is 0.433. The molecule has 0 saturated carbocycles. The molecule has 2 heteroatoms. The minimum Gasteiger partial charge on any atom is -0.343 e. The number of nitrogens with zero attached hydrogens (tertiary/aromatic N) is 1. The first-order valence-electron chi connectivity index (χ1n) is 11.8. The molecule has 2 heterocycles. The molecular weight excluding hydrogens is 402 g/mol. The summed E-state index contributed by atoms with van der Waals surface area (Å²) in [5, 5.41) is 1.84. The van der Waals surface area contributed by atoms with Crippen LogP contribution in [0.5, 0.6) is 0 Å². The monoisotopic (exact) mass is 431 g/mol. The predicted octanol–water partition coefficient (Wildman–Crippen LogP) is 7.30. The maximum absolute atomic E-state index is 2.67.